The van der Waals surface area contributed by atoms with Crippen LogP contribution in [0.15, 0.2) is 40.9 Å². The second-order valence-corrected chi connectivity index (χ2v) is 8.12. The van der Waals surface area contributed by atoms with Gasteiger partial charge in [0.1, 0.15) is 24.2 Å². The zero-order valence-electron chi connectivity index (χ0n) is 16.4. The van der Waals surface area contributed by atoms with Crippen molar-refractivity contribution in [2.24, 2.45) is 0 Å². The summed E-state index contributed by atoms with van der Waals surface area (Å²) in [7, 11) is 1.68. The van der Waals surface area contributed by atoms with Crippen LogP contribution >= 0.6 is 11.3 Å². The van der Waals surface area contributed by atoms with Gasteiger partial charge < -0.3 is 19.5 Å². The lowest BCUT2D eigenvalue weighted by molar-refractivity contribution is -0.120. The number of anilines is 1. The molecular weight excluding hydrogens is 390 g/mol. The molecule has 3 heterocycles. The highest BCUT2D eigenvalue weighted by atomic mass is 32.1. The summed E-state index contributed by atoms with van der Waals surface area (Å²) >= 11 is 1.39. The van der Waals surface area contributed by atoms with E-state index in [1.54, 1.807) is 13.1 Å². The lowest BCUT2D eigenvalue weighted by Gasteiger charge is -2.20. The Morgan fingerprint density at radius 1 is 1.28 bits per heavy atom. The van der Waals surface area contributed by atoms with Crippen molar-refractivity contribution in [3.8, 4) is 5.75 Å². The van der Waals surface area contributed by atoms with Gasteiger partial charge in [-0.15, -0.1) is 11.3 Å². The van der Waals surface area contributed by atoms with E-state index in [0.29, 0.717) is 22.7 Å². The number of carbonyl (C=O) groups is 2. The molecule has 2 aromatic heterocycles. The molecule has 7 nitrogen and oxygen atoms in total. The first-order chi connectivity index (χ1) is 13.9. The molecule has 1 atom stereocenters. The van der Waals surface area contributed by atoms with Crippen LogP contribution < -0.4 is 15.0 Å². The van der Waals surface area contributed by atoms with Gasteiger partial charge >= 0.3 is 0 Å². The number of amides is 2. The van der Waals surface area contributed by atoms with Crippen molar-refractivity contribution in [1.29, 1.82) is 0 Å². The lowest BCUT2D eigenvalue weighted by atomic mass is 10.1. The number of hydrogen-bond donors (Lipinski definition) is 1. The van der Waals surface area contributed by atoms with Crippen LogP contribution in [-0.2, 0) is 11.2 Å². The Morgan fingerprint density at radius 2 is 2.07 bits per heavy atom. The van der Waals surface area contributed by atoms with Crippen LogP contribution in [0, 0.1) is 13.8 Å². The fourth-order valence-corrected chi connectivity index (χ4v) is 4.23. The van der Waals surface area contributed by atoms with E-state index >= 15 is 0 Å². The smallest absolute Gasteiger partial charge is 0.262 e. The van der Waals surface area contributed by atoms with Crippen LogP contribution in [0.25, 0.3) is 0 Å². The van der Waals surface area contributed by atoms with Crippen molar-refractivity contribution in [2.75, 3.05) is 18.6 Å². The average Bonchev–Trinajstić information content (AvgIpc) is 3.29. The zero-order chi connectivity index (χ0) is 20.5. The van der Waals surface area contributed by atoms with Gasteiger partial charge in [-0.25, -0.2) is 0 Å². The largest absolute Gasteiger partial charge is 0.489 e. The molecular formula is C21H21N3O4S. The molecule has 0 saturated carbocycles. The highest BCUT2D eigenvalue weighted by Gasteiger charge is 2.30. The second-order valence-electron chi connectivity index (χ2n) is 6.95. The van der Waals surface area contributed by atoms with Gasteiger partial charge in [0.15, 0.2) is 0 Å². The third-order valence-corrected chi connectivity index (χ3v) is 6.07. The molecule has 0 fully saturated rings. The maximum absolute atomic E-state index is 12.8. The Hall–Kier alpha value is -3.13. The fraction of sp³-hybridized carbons (Fsp3) is 0.286. The van der Waals surface area contributed by atoms with Gasteiger partial charge in [-0.05, 0) is 38.1 Å². The SMILES string of the molecule is Cc1noc(C)c1Cc1ccc(C(=O)N[C@H]2COc3ccccc3N(C)C2=O)s1. The molecule has 0 radical (unpaired) electrons. The van der Waals surface area contributed by atoms with Gasteiger partial charge in [-0.3, -0.25) is 9.59 Å². The van der Waals surface area contributed by atoms with Crippen molar-refractivity contribution in [2.45, 2.75) is 26.3 Å². The summed E-state index contributed by atoms with van der Waals surface area (Å²) in [4.78, 5) is 28.6. The van der Waals surface area contributed by atoms with Crippen molar-refractivity contribution in [1.82, 2.24) is 10.5 Å². The Balaban J connectivity index is 1.46. The maximum Gasteiger partial charge on any atom is 0.262 e. The summed E-state index contributed by atoms with van der Waals surface area (Å²) in [6, 6.07) is 10.3. The van der Waals surface area contributed by atoms with Crippen LogP contribution in [0.1, 0.15) is 31.6 Å². The minimum atomic E-state index is -0.756. The fourth-order valence-electron chi connectivity index (χ4n) is 3.31. The first-order valence-electron chi connectivity index (χ1n) is 9.24. The second kappa shape index (κ2) is 7.71. The number of rotatable bonds is 4. The van der Waals surface area contributed by atoms with E-state index in [4.69, 9.17) is 9.26 Å². The lowest BCUT2D eigenvalue weighted by Crippen LogP contribution is -2.49. The molecule has 29 heavy (non-hydrogen) atoms. The summed E-state index contributed by atoms with van der Waals surface area (Å²) in [5, 5.41) is 6.78. The van der Waals surface area contributed by atoms with Crippen LogP contribution in [-0.4, -0.2) is 36.7 Å². The molecule has 1 N–H and O–H groups in total. The summed E-state index contributed by atoms with van der Waals surface area (Å²) in [6.07, 6.45) is 0.655. The van der Waals surface area contributed by atoms with Gasteiger partial charge in [0.25, 0.3) is 11.8 Å². The molecule has 1 aliphatic heterocycles. The molecule has 2 amide bonds. The summed E-state index contributed by atoms with van der Waals surface area (Å²) in [5.41, 5.74) is 2.57. The number of benzene rings is 1. The van der Waals surface area contributed by atoms with E-state index in [2.05, 4.69) is 10.5 Å². The first kappa shape index (κ1) is 19.2. The first-order valence-corrected chi connectivity index (χ1v) is 10.1. The van der Waals surface area contributed by atoms with Crippen molar-refractivity contribution >= 4 is 28.8 Å². The van der Waals surface area contributed by atoms with Gasteiger partial charge in [-0.1, -0.05) is 17.3 Å². The van der Waals surface area contributed by atoms with Crippen LogP contribution in [0.3, 0.4) is 0 Å². The van der Waals surface area contributed by atoms with Crippen molar-refractivity contribution in [3.05, 3.63) is 63.2 Å². The van der Waals surface area contributed by atoms with E-state index in [9.17, 15) is 9.59 Å². The number of hydrogen-bond acceptors (Lipinski definition) is 6. The molecule has 0 spiro atoms. The predicted octanol–water partition coefficient (Wildman–Crippen LogP) is 3.10. The number of aryl methyl sites for hydroxylation is 2. The van der Waals surface area contributed by atoms with Crippen molar-refractivity contribution in [3.63, 3.8) is 0 Å². The zero-order valence-corrected chi connectivity index (χ0v) is 17.2. The number of thiophene rings is 1. The number of carbonyl (C=O) groups excluding carboxylic acids is 2. The van der Waals surface area contributed by atoms with E-state index in [0.717, 1.165) is 21.9 Å². The molecule has 0 unspecified atom stereocenters. The molecule has 1 aliphatic rings. The Kier molecular flexibility index (Phi) is 5.10. The quantitative estimate of drug-likeness (QED) is 0.713. The Bertz CT molecular complexity index is 1050. The standard InChI is InChI=1S/C21H21N3O4S/c1-12-15(13(2)28-23-12)10-14-8-9-19(29-14)20(25)22-16-11-27-18-7-5-4-6-17(18)24(3)21(16)26/h4-9,16H,10-11H2,1-3H3,(H,22,25)/t16-/m0/s1. The van der Waals surface area contributed by atoms with Crippen LogP contribution in [0.2, 0.25) is 0 Å². The van der Waals surface area contributed by atoms with Gasteiger partial charge in [-0.2, -0.15) is 0 Å². The number of para-hydroxylation sites is 2. The summed E-state index contributed by atoms with van der Waals surface area (Å²) < 4.78 is 11.0. The average molecular weight is 411 g/mol. The third kappa shape index (κ3) is 3.75. The molecule has 3 aromatic rings. The Labute approximate surface area is 172 Å². The normalized spacial score (nSPS) is 16.2. The highest BCUT2D eigenvalue weighted by molar-refractivity contribution is 7.14. The van der Waals surface area contributed by atoms with Gasteiger partial charge in [0, 0.05) is 23.9 Å². The molecule has 0 aliphatic carbocycles. The van der Waals surface area contributed by atoms with Gasteiger partial charge in [0.2, 0.25) is 0 Å². The predicted molar refractivity (Wildman–Crippen MR) is 110 cm³/mol. The maximum atomic E-state index is 12.8. The van der Waals surface area contributed by atoms with Crippen molar-refractivity contribution < 1.29 is 18.8 Å². The number of fused-ring (bicyclic) bond motifs is 1. The molecule has 150 valence electrons. The molecule has 1 aromatic carbocycles. The number of ether oxygens (including phenoxy) is 1. The van der Waals surface area contributed by atoms with E-state index < -0.39 is 6.04 Å². The third-order valence-electron chi connectivity index (χ3n) is 4.98. The number of aromatic nitrogens is 1. The van der Waals surface area contributed by atoms with Gasteiger partial charge in [0.05, 0.1) is 16.3 Å². The number of nitrogens with one attached hydrogen (secondary N) is 1. The molecule has 0 saturated heterocycles. The molecule has 4 rings (SSSR count). The van der Waals surface area contributed by atoms with E-state index in [-0.39, 0.29) is 18.4 Å². The van der Waals surface area contributed by atoms with Crippen LogP contribution in [0.5, 0.6) is 5.75 Å². The summed E-state index contributed by atoms with van der Waals surface area (Å²) in [6.45, 7) is 3.87. The monoisotopic (exact) mass is 411 g/mol. The topological polar surface area (TPSA) is 84.7 Å². The Morgan fingerprint density at radius 3 is 2.83 bits per heavy atom. The summed E-state index contributed by atoms with van der Waals surface area (Å²) in [5.74, 6) is 0.904. The number of nitrogens with zero attached hydrogens (tertiary/aromatic N) is 2. The highest BCUT2D eigenvalue weighted by Crippen LogP contribution is 2.30. The van der Waals surface area contributed by atoms with E-state index in [1.165, 1.54) is 16.2 Å². The molecule has 8 heteroatoms. The minimum absolute atomic E-state index is 0.0865. The van der Waals surface area contributed by atoms with Crippen LogP contribution in [0.4, 0.5) is 5.69 Å². The van der Waals surface area contributed by atoms with E-state index in [1.807, 2.05) is 44.2 Å². The minimum Gasteiger partial charge on any atom is -0.489 e. The molecule has 0 bridgehead atoms. The number of likely N-dealkylation sites (N-methyl/N-ethyl adjacent to an activating group) is 1.